The molecule has 6 heteroatoms. The van der Waals surface area contributed by atoms with Gasteiger partial charge in [0.15, 0.2) is 11.5 Å². The number of aromatic nitrogens is 2. The molecule has 1 aliphatic heterocycles. The summed E-state index contributed by atoms with van der Waals surface area (Å²) in [5.41, 5.74) is 4.40. The zero-order valence-electron chi connectivity index (χ0n) is 12.7. The van der Waals surface area contributed by atoms with Crippen LogP contribution in [-0.2, 0) is 0 Å². The van der Waals surface area contributed by atoms with E-state index in [0.29, 0.717) is 5.88 Å². The van der Waals surface area contributed by atoms with E-state index in [2.05, 4.69) is 10.1 Å². The van der Waals surface area contributed by atoms with Crippen molar-refractivity contribution in [2.75, 3.05) is 13.9 Å². The normalized spacial score (nSPS) is 12.4. The highest BCUT2D eigenvalue weighted by Crippen LogP contribution is 2.41. The van der Waals surface area contributed by atoms with Crippen molar-refractivity contribution in [3.8, 4) is 39.8 Å². The summed E-state index contributed by atoms with van der Waals surface area (Å²) < 4.78 is 21.2. The van der Waals surface area contributed by atoms with Crippen molar-refractivity contribution in [3.63, 3.8) is 0 Å². The fraction of sp³-hybridized carbons (Fsp3) is 0.176. The summed E-state index contributed by atoms with van der Waals surface area (Å²) in [5.74, 6) is 2.07. The van der Waals surface area contributed by atoms with Gasteiger partial charge in [0, 0.05) is 23.4 Å². The minimum Gasteiger partial charge on any atom is -0.481 e. The van der Waals surface area contributed by atoms with Crippen molar-refractivity contribution < 1.29 is 18.7 Å². The number of nitrogens with zero attached hydrogens (tertiary/aromatic N) is 2. The first-order valence-corrected chi connectivity index (χ1v) is 7.11. The molecule has 0 N–H and O–H groups in total. The van der Waals surface area contributed by atoms with Crippen molar-refractivity contribution in [2.24, 2.45) is 0 Å². The molecule has 3 aromatic rings. The summed E-state index contributed by atoms with van der Waals surface area (Å²) >= 11 is 0. The number of hydrogen-bond acceptors (Lipinski definition) is 6. The lowest BCUT2D eigenvalue weighted by atomic mass is 10.0. The number of benzene rings is 1. The molecule has 0 spiro atoms. The van der Waals surface area contributed by atoms with Crippen molar-refractivity contribution >= 4 is 0 Å². The van der Waals surface area contributed by atoms with E-state index in [9.17, 15) is 0 Å². The van der Waals surface area contributed by atoms with Gasteiger partial charge in [0.1, 0.15) is 12.0 Å². The topological polar surface area (TPSA) is 66.6 Å². The van der Waals surface area contributed by atoms with Crippen LogP contribution in [0.1, 0.15) is 5.56 Å². The Bertz CT molecular complexity index is 856. The number of rotatable bonds is 3. The minimum atomic E-state index is 0.244. The second-order valence-corrected chi connectivity index (χ2v) is 5.19. The molecule has 3 heterocycles. The summed E-state index contributed by atoms with van der Waals surface area (Å²) in [4.78, 5) is 4.23. The average Bonchev–Trinajstić information content (AvgIpc) is 3.24. The van der Waals surface area contributed by atoms with Crippen LogP contribution in [-0.4, -0.2) is 24.0 Å². The highest BCUT2D eigenvalue weighted by molar-refractivity contribution is 5.81. The predicted molar refractivity (Wildman–Crippen MR) is 82.6 cm³/mol. The Labute approximate surface area is 132 Å². The van der Waals surface area contributed by atoms with Gasteiger partial charge < -0.3 is 18.7 Å². The Kier molecular flexibility index (Phi) is 3.15. The second kappa shape index (κ2) is 5.31. The van der Waals surface area contributed by atoms with Crippen molar-refractivity contribution in [3.05, 3.63) is 42.3 Å². The summed E-state index contributed by atoms with van der Waals surface area (Å²) in [7, 11) is 1.59. The van der Waals surface area contributed by atoms with E-state index in [1.807, 2.05) is 25.1 Å². The molecule has 116 valence electrons. The highest BCUT2D eigenvalue weighted by atomic mass is 16.7. The Balaban J connectivity index is 1.79. The van der Waals surface area contributed by atoms with Gasteiger partial charge in [-0.2, -0.15) is 0 Å². The first-order chi connectivity index (χ1) is 11.3. The van der Waals surface area contributed by atoms with Gasteiger partial charge in [-0.3, -0.25) is 0 Å². The van der Waals surface area contributed by atoms with Crippen LogP contribution in [0.2, 0.25) is 0 Å². The molecule has 23 heavy (non-hydrogen) atoms. The van der Waals surface area contributed by atoms with Gasteiger partial charge in [0.2, 0.25) is 12.7 Å². The molecule has 0 saturated heterocycles. The molecule has 0 bridgehead atoms. The maximum Gasteiger partial charge on any atom is 0.231 e. The molecule has 0 saturated carbocycles. The Hall–Kier alpha value is -3.02. The third-order valence-electron chi connectivity index (χ3n) is 3.76. The second-order valence-electron chi connectivity index (χ2n) is 5.19. The van der Waals surface area contributed by atoms with E-state index in [0.717, 1.165) is 39.4 Å². The predicted octanol–water partition coefficient (Wildman–Crippen LogP) is 3.45. The van der Waals surface area contributed by atoms with Gasteiger partial charge in [-0.25, -0.2) is 4.98 Å². The maximum absolute atomic E-state index is 5.48. The number of methoxy groups -OCH3 is 1. The fourth-order valence-corrected chi connectivity index (χ4v) is 2.63. The number of pyridine rings is 1. The molecule has 0 fully saturated rings. The average molecular weight is 310 g/mol. The van der Waals surface area contributed by atoms with Crippen LogP contribution in [0.5, 0.6) is 17.4 Å². The van der Waals surface area contributed by atoms with E-state index >= 15 is 0 Å². The molecular weight excluding hydrogens is 296 g/mol. The van der Waals surface area contributed by atoms with Gasteiger partial charge >= 0.3 is 0 Å². The number of hydrogen-bond donors (Lipinski definition) is 0. The zero-order valence-corrected chi connectivity index (χ0v) is 12.7. The molecular formula is C17H14N2O4. The van der Waals surface area contributed by atoms with E-state index < -0.39 is 0 Å². The zero-order chi connectivity index (χ0) is 15.8. The highest BCUT2D eigenvalue weighted by Gasteiger charge is 2.20. The van der Waals surface area contributed by atoms with Crippen LogP contribution in [0, 0.1) is 6.92 Å². The summed E-state index contributed by atoms with van der Waals surface area (Å²) in [6, 6.07) is 7.64. The Morgan fingerprint density at radius 1 is 1.13 bits per heavy atom. The van der Waals surface area contributed by atoms with Crippen LogP contribution in [0.15, 0.2) is 41.2 Å². The summed E-state index contributed by atoms with van der Waals surface area (Å²) in [6.45, 7) is 2.22. The molecule has 2 aromatic heterocycles. The molecule has 0 amide bonds. The van der Waals surface area contributed by atoms with Crippen LogP contribution in [0.4, 0.5) is 0 Å². The summed E-state index contributed by atoms with van der Waals surface area (Å²) in [6.07, 6.45) is 3.34. The molecule has 4 rings (SSSR count). The van der Waals surface area contributed by atoms with Crippen LogP contribution in [0.25, 0.3) is 22.4 Å². The minimum absolute atomic E-state index is 0.244. The molecule has 0 unspecified atom stereocenters. The molecule has 6 nitrogen and oxygen atoms in total. The fourth-order valence-electron chi connectivity index (χ4n) is 2.63. The molecule has 0 radical (unpaired) electrons. The van der Waals surface area contributed by atoms with Crippen molar-refractivity contribution in [1.29, 1.82) is 0 Å². The quantitative estimate of drug-likeness (QED) is 0.738. The Morgan fingerprint density at radius 3 is 2.83 bits per heavy atom. The number of aryl methyl sites for hydroxylation is 1. The third kappa shape index (κ3) is 2.28. The largest absolute Gasteiger partial charge is 0.481 e. The van der Waals surface area contributed by atoms with Crippen molar-refractivity contribution in [2.45, 2.75) is 6.92 Å². The number of fused-ring (bicyclic) bond motifs is 1. The van der Waals surface area contributed by atoms with Gasteiger partial charge in [0.25, 0.3) is 0 Å². The lowest BCUT2D eigenvalue weighted by Gasteiger charge is -2.06. The van der Waals surface area contributed by atoms with Crippen molar-refractivity contribution in [1.82, 2.24) is 10.1 Å². The monoisotopic (exact) mass is 310 g/mol. The molecule has 0 atom stereocenters. The van der Waals surface area contributed by atoms with E-state index in [-0.39, 0.29) is 6.79 Å². The van der Waals surface area contributed by atoms with Gasteiger partial charge in [-0.1, -0.05) is 5.16 Å². The van der Waals surface area contributed by atoms with Gasteiger partial charge in [-0.05, 0) is 30.7 Å². The molecule has 1 aliphatic rings. The SMILES string of the molecule is COc1ccc(-c2conc2-c2cc(C)c3c(c2)OCO3)cn1. The van der Waals surface area contributed by atoms with E-state index in [1.165, 1.54) is 0 Å². The molecule has 1 aromatic carbocycles. The van der Waals surface area contributed by atoms with E-state index in [1.54, 1.807) is 25.6 Å². The lowest BCUT2D eigenvalue weighted by Crippen LogP contribution is -1.93. The van der Waals surface area contributed by atoms with E-state index in [4.69, 9.17) is 18.7 Å². The third-order valence-corrected chi connectivity index (χ3v) is 3.76. The lowest BCUT2D eigenvalue weighted by molar-refractivity contribution is 0.173. The van der Waals surface area contributed by atoms with Crippen LogP contribution < -0.4 is 14.2 Å². The number of ether oxygens (including phenoxy) is 3. The maximum atomic E-state index is 5.48. The van der Waals surface area contributed by atoms with Gasteiger partial charge in [-0.15, -0.1) is 0 Å². The van der Waals surface area contributed by atoms with Crippen LogP contribution in [0.3, 0.4) is 0 Å². The summed E-state index contributed by atoms with van der Waals surface area (Å²) in [5, 5.41) is 4.14. The van der Waals surface area contributed by atoms with Crippen LogP contribution >= 0.6 is 0 Å². The standard InChI is InChI=1S/C17H14N2O4/c1-10-5-12(6-14-17(10)22-9-21-14)16-13(8-23-19-16)11-3-4-15(20-2)18-7-11/h3-8H,9H2,1-2H3. The van der Waals surface area contributed by atoms with Gasteiger partial charge in [0.05, 0.1) is 12.7 Å². The first-order valence-electron chi connectivity index (χ1n) is 7.11. The molecule has 0 aliphatic carbocycles. The Morgan fingerprint density at radius 2 is 2.04 bits per heavy atom. The smallest absolute Gasteiger partial charge is 0.231 e. The first kappa shape index (κ1) is 13.6.